The topological polar surface area (TPSA) is 89.0 Å². The highest BCUT2D eigenvalue weighted by Gasteiger charge is 2.11. The molecule has 0 fully saturated rings. The number of carbonyl (C=O) groups excluding carboxylic acids is 1. The first-order chi connectivity index (χ1) is 13.5. The molecule has 2 aromatic carbocycles. The average molecular weight is 388 g/mol. The van der Waals surface area contributed by atoms with Crippen LogP contribution in [0.25, 0.3) is 0 Å². The second-order valence-corrected chi connectivity index (χ2v) is 6.51. The minimum Gasteiger partial charge on any atom is -0.497 e. The zero-order valence-corrected chi connectivity index (χ0v) is 16.5. The number of nitrogens with one attached hydrogen (secondary N) is 2. The zero-order valence-electron chi connectivity index (χ0n) is 16.5. The van der Waals surface area contributed by atoms with Gasteiger partial charge in [0, 0.05) is 6.54 Å². The van der Waals surface area contributed by atoms with Crippen LogP contribution in [0.15, 0.2) is 48.5 Å². The lowest BCUT2D eigenvalue weighted by atomic mass is 10.2. The monoisotopic (exact) mass is 388 g/mol. The fraction of sp³-hybridized carbons (Fsp3) is 0.381. The summed E-state index contributed by atoms with van der Waals surface area (Å²) in [5.74, 6) is 1.37. The van der Waals surface area contributed by atoms with Gasteiger partial charge in [-0.05, 0) is 43.7 Å². The lowest BCUT2D eigenvalue weighted by Gasteiger charge is -2.16. The summed E-state index contributed by atoms with van der Waals surface area (Å²) in [4.78, 5) is 12.1. The molecule has 0 aliphatic carbocycles. The summed E-state index contributed by atoms with van der Waals surface area (Å²) in [5.41, 5.74) is 1.54. The molecule has 0 saturated heterocycles. The quantitative estimate of drug-likeness (QED) is 0.582. The highest BCUT2D eigenvalue weighted by atomic mass is 16.5. The van der Waals surface area contributed by atoms with Crippen LogP contribution in [-0.4, -0.2) is 43.6 Å². The predicted octanol–water partition coefficient (Wildman–Crippen LogP) is 3.18. The molecular formula is C21H28N2O5. The summed E-state index contributed by atoms with van der Waals surface area (Å²) < 4.78 is 16.2. The second kappa shape index (κ2) is 11.2. The Bertz CT molecular complexity index is 734. The molecule has 0 spiro atoms. The van der Waals surface area contributed by atoms with Crippen molar-refractivity contribution in [2.75, 3.05) is 25.6 Å². The van der Waals surface area contributed by atoms with Crippen LogP contribution in [0.1, 0.15) is 19.4 Å². The van der Waals surface area contributed by atoms with Crippen molar-refractivity contribution in [3.05, 3.63) is 54.1 Å². The van der Waals surface area contributed by atoms with Gasteiger partial charge in [-0.25, -0.2) is 4.79 Å². The van der Waals surface area contributed by atoms with Gasteiger partial charge in [-0.3, -0.25) is 0 Å². The number of hydrogen-bond donors (Lipinski definition) is 3. The lowest BCUT2D eigenvalue weighted by Crippen LogP contribution is -2.37. The SMILES string of the molecule is COc1ccc(COCC(O)CNC(=O)Nc2ccccc2OC(C)C)cc1. The van der Waals surface area contributed by atoms with Crippen molar-refractivity contribution in [3.8, 4) is 11.5 Å². The van der Waals surface area contributed by atoms with E-state index in [1.165, 1.54) is 0 Å². The van der Waals surface area contributed by atoms with Gasteiger partial charge >= 0.3 is 6.03 Å². The Kier molecular flexibility index (Phi) is 8.58. The highest BCUT2D eigenvalue weighted by molar-refractivity contribution is 5.90. The summed E-state index contributed by atoms with van der Waals surface area (Å²) in [6.45, 7) is 4.38. The first-order valence-corrected chi connectivity index (χ1v) is 9.17. The van der Waals surface area contributed by atoms with Crippen molar-refractivity contribution >= 4 is 11.7 Å². The summed E-state index contributed by atoms with van der Waals surface area (Å²) in [5, 5.41) is 15.3. The minimum atomic E-state index is -0.814. The van der Waals surface area contributed by atoms with Crippen LogP contribution in [0.3, 0.4) is 0 Å². The van der Waals surface area contributed by atoms with Crippen LogP contribution in [-0.2, 0) is 11.3 Å². The van der Waals surface area contributed by atoms with Gasteiger partial charge in [-0.2, -0.15) is 0 Å². The largest absolute Gasteiger partial charge is 0.497 e. The van der Waals surface area contributed by atoms with Crippen LogP contribution >= 0.6 is 0 Å². The van der Waals surface area contributed by atoms with E-state index in [4.69, 9.17) is 14.2 Å². The third-order valence-electron chi connectivity index (χ3n) is 3.73. The summed E-state index contributed by atoms with van der Waals surface area (Å²) in [6, 6.07) is 14.3. The Balaban J connectivity index is 1.70. The lowest BCUT2D eigenvalue weighted by molar-refractivity contribution is 0.0302. The standard InChI is InChI=1S/C21H28N2O5/c1-15(2)28-20-7-5-4-6-19(20)23-21(25)22-12-17(24)14-27-13-16-8-10-18(26-3)11-9-16/h4-11,15,17,24H,12-14H2,1-3H3,(H2,22,23,25). The fourth-order valence-corrected chi connectivity index (χ4v) is 2.40. The first kappa shape index (κ1) is 21.5. The van der Waals surface area contributed by atoms with Gasteiger partial charge in [-0.1, -0.05) is 24.3 Å². The second-order valence-electron chi connectivity index (χ2n) is 6.51. The molecule has 7 heteroatoms. The van der Waals surface area contributed by atoms with Crippen LogP contribution in [0.5, 0.6) is 11.5 Å². The van der Waals surface area contributed by atoms with E-state index in [0.717, 1.165) is 11.3 Å². The van der Waals surface area contributed by atoms with Crippen molar-refractivity contribution in [2.24, 2.45) is 0 Å². The molecule has 2 amide bonds. The average Bonchev–Trinajstić information content (AvgIpc) is 2.68. The molecule has 7 nitrogen and oxygen atoms in total. The van der Waals surface area contributed by atoms with E-state index >= 15 is 0 Å². The summed E-state index contributed by atoms with van der Waals surface area (Å²) in [6.07, 6.45) is -0.818. The van der Waals surface area contributed by atoms with Crippen LogP contribution in [0.4, 0.5) is 10.5 Å². The zero-order chi connectivity index (χ0) is 20.4. The third-order valence-corrected chi connectivity index (χ3v) is 3.73. The summed E-state index contributed by atoms with van der Waals surface area (Å²) >= 11 is 0. The number of hydrogen-bond acceptors (Lipinski definition) is 5. The number of para-hydroxylation sites is 2. The number of benzene rings is 2. The Hall–Kier alpha value is -2.77. The molecule has 0 heterocycles. The number of ether oxygens (including phenoxy) is 3. The molecule has 2 rings (SSSR count). The number of carbonyl (C=O) groups is 1. The molecule has 0 aliphatic rings. The van der Waals surface area contributed by atoms with Crippen LogP contribution in [0, 0.1) is 0 Å². The number of aliphatic hydroxyl groups excluding tert-OH is 1. The van der Waals surface area contributed by atoms with E-state index in [1.54, 1.807) is 19.2 Å². The van der Waals surface area contributed by atoms with E-state index < -0.39 is 12.1 Å². The van der Waals surface area contributed by atoms with Gasteiger partial charge in [0.15, 0.2) is 0 Å². The number of aliphatic hydroxyl groups is 1. The Morgan fingerprint density at radius 1 is 1.11 bits per heavy atom. The van der Waals surface area contributed by atoms with E-state index in [2.05, 4.69) is 10.6 Å². The predicted molar refractivity (Wildman–Crippen MR) is 108 cm³/mol. The first-order valence-electron chi connectivity index (χ1n) is 9.17. The van der Waals surface area contributed by atoms with Gasteiger partial charge in [0.05, 0.1) is 38.2 Å². The molecule has 1 unspecified atom stereocenters. The van der Waals surface area contributed by atoms with Gasteiger partial charge in [0.1, 0.15) is 11.5 Å². The fourth-order valence-electron chi connectivity index (χ4n) is 2.40. The Morgan fingerprint density at radius 3 is 2.50 bits per heavy atom. The highest BCUT2D eigenvalue weighted by Crippen LogP contribution is 2.24. The number of anilines is 1. The minimum absolute atomic E-state index is 0.00400. The molecule has 152 valence electrons. The molecule has 1 atom stereocenters. The van der Waals surface area contributed by atoms with Crippen molar-refractivity contribution in [2.45, 2.75) is 32.7 Å². The van der Waals surface area contributed by atoms with Gasteiger partial charge < -0.3 is 30.0 Å². The van der Waals surface area contributed by atoms with E-state index in [1.807, 2.05) is 50.2 Å². The number of methoxy groups -OCH3 is 1. The molecule has 0 radical (unpaired) electrons. The van der Waals surface area contributed by atoms with Crippen molar-refractivity contribution < 1.29 is 24.1 Å². The smallest absolute Gasteiger partial charge is 0.319 e. The van der Waals surface area contributed by atoms with Gasteiger partial charge in [0.25, 0.3) is 0 Å². The molecular weight excluding hydrogens is 360 g/mol. The van der Waals surface area contributed by atoms with Crippen molar-refractivity contribution in [1.29, 1.82) is 0 Å². The maximum Gasteiger partial charge on any atom is 0.319 e. The molecule has 2 aromatic rings. The number of urea groups is 1. The molecule has 28 heavy (non-hydrogen) atoms. The Morgan fingerprint density at radius 2 is 1.82 bits per heavy atom. The Labute approximate surface area is 165 Å². The molecule has 0 saturated carbocycles. The number of amides is 2. The van der Waals surface area contributed by atoms with Crippen molar-refractivity contribution in [1.82, 2.24) is 5.32 Å². The normalized spacial score (nSPS) is 11.8. The molecule has 3 N–H and O–H groups in total. The van der Waals surface area contributed by atoms with E-state index in [0.29, 0.717) is 18.0 Å². The third kappa shape index (κ3) is 7.46. The molecule has 0 aromatic heterocycles. The maximum atomic E-state index is 12.1. The van der Waals surface area contributed by atoms with Gasteiger partial charge in [0.2, 0.25) is 0 Å². The van der Waals surface area contributed by atoms with Crippen LogP contribution in [0.2, 0.25) is 0 Å². The number of rotatable bonds is 10. The van der Waals surface area contributed by atoms with E-state index in [9.17, 15) is 9.90 Å². The van der Waals surface area contributed by atoms with Gasteiger partial charge in [-0.15, -0.1) is 0 Å². The molecule has 0 aliphatic heterocycles. The van der Waals surface area contributed by atoms with Crippen molar-refractivity contribution in [3.63, 3.8) is 0 Å². The maximum absolute atomic E-state index is 12.1. The summed E-state index contributed by atoms with van der Waals surface area (Å²) in [7, 11) is 1.61. The molecule has 0 bridgehead atoms. The van der Waals surface area contributed by atoms with Crippen LogP contribution < -0.4 is 20.1 Å². The van der Waals surface area contributed by atoms with E-state index in [-0.39, 0.29) is 19.3 Å².